The maximum absolute atomic E-state index is 10.7. The smallest absolute Gasteiger partial charge is 0.307 e. The fraction of sp³-hybridized carbons (Fsp3) is 0.727. The first-order valence-electron chi connectivity index (χ1n) is 5.52. The maximum Gasteiger partial charge on any atom is 0.307 e. The number of unbranched alkanes of at least 4 members (excludes halogenated alkanes) is 1. The Morgan fingerprint density at radius 2 is 1.47 bits per heavy atom. The van der Waals surface area contributed by atoms with E-state index in [1.165, 1.54) is 0 Å². The number of rotatable bonds is 9. The Labute approximate surface area is 99.3 Å². The van der Waals surface area contributed by atoms with Crippen molar-refractivity contribution in [1.82, 2.24) is 0 Å². The number of carboxylic acid groups (broad SMARTS) is 3. The molecule has 0 rings (SSSR count). The Morgan fingerprint density at radius 3 is 1.88 bits per heavy atom. The van der Waals surface area contributed by atoms with E-state index in [4.69, 9.17) is 15.3 Å². The van der Waals surface area contributed by atoms with Crippen LogP contribution in [-0.4, -0.2) is 33.2 Å². The van der Waals surface area contributed by atoms with Crippen molar-refractivity contribution in [3.05, 3.63) is 0 Å². The molecule has 0 radical (unpaired) electrons. The first kappa shape index (κ1) is 15.4. The molecule has 0 heterocycles. The van der Waals surface area contributed by atoms with E-state index in [9.17, 15) is 14.4 Å². The first-order chi connectivity index (χ1) is 7.84. The van der Waals surface area contributed by atoms with Gasteiger partial charge in [-0.15, -0.1) is 0 Å². The zero-order valence-electron chi connectivity index (χ0n) is 9.76. The molecule has 98 valence electrons. The standard InChI is InChI=1S/C11H18O6/c1-7(10(14)15)4-2-3-5-8(11(16)17)6-9(12)13/h7-8H,2-6H2,1H3,(H,12,13)(H,14,15)(H,16,17). The quantitative estimate of drug-likeness (QED) is 0.531. The normalized spacial score (nSPS) is 13.9. The lowest BCUT2D eigenvalue weighted by Gasteiger charge is -2.10. The lowest BCUT2D eigenvalue weighted by Crippen LogP contribution is -2.18. The number of hydrogen-bond donors (Lipinski definition) is 3. The molecule has 0 bridgehead atoms. The summed E-state index contributed by atoms with van der Waals surface area (Å²) in [5.74, 6) is -4.44. The maximum atomic E-state index is 10.7. The minimum absolute atomic E-state index is 0.272. The fourth-order valence-electron chi connectivity index (χ4n) is 1.49. The summed E-state index contributed by atoms with van der Waals surface area (Å²) in [6, 6.07) is 0. The van der Waals surface area contributed by atoms with Crippen LogP contribution in [0.3, 0.4) is 0 Å². The summed E-state index contributed by atoms with van der Waals surface area (Å²) in [4.78, 5) is 31.6. The van der Waals surface area contributed by atoms with Crippen LogP contribution in [0.1, 0.15) is 39.0 Å². The summed E-state index contributed by atoms with van der Waals surface area (Å²) in [6.45, 7) is 1.59. The molecule has 0 amide bonds. The Morgan fingerprint density at radius 1 is 0.941 bits per heavy atom. The average Bonchev–Trinajstić information content (AvgIpc) is 2.21. The Balaban J connectivity index is 3.87. The van der Waals surface area contributed by atoms with Crippen LogP contribution in [0.2, 0.25) is 0 Å². The highest BCUT2D eigenvalue weighted by Gasteiger charge is 2.20. The molecule has 0 aliphatic carbocycles. The van der Waals surface area contributed by atoms with Crippen molar-refractivity contribution in [3.8, 4) is 0 Å². The fourth-order valence-corrected chi connectivity index (χ4v) is 1.49. The number of carboxylic acids is 3. The van der Waals surface area contributed by atoms with Crippen molar-refractivity contribution in [3.63, 3.8) is 0 Å². The van der Waals surface area contributed by atoms with Crippen LogP contribution in [0.15, 0.2) is 0 Å². The summed E-state index contributed by atoms with van der Waals surface area (Å²) in [7, 11) is 0. The van der Waals surface area contributed by atoms with Crippen molar-refractivity contribution in [1.29, 1.82) is 0 Å². The van der Waals surface area contributed by atoms with E-state index in [0.717, 1.165) is 0 Å². The lowest BCUT2D eigenvalue weighted by atomic mass is 9.96. The van der Waals surface area contributed by atoms with Gasteiger partial charge in [0.1, 0.15) is 0 Å². The van der Waals surface area contributed by atoms with Gasteiger partial charge in [-0.05, 0) is 12.8 Å². The highest BCUT2D eigenvalue weighted by molar-refractivity contribution is 5.77. The molecule has 6 nitrogen and oxygen atoms in total. The molecule has 2 atom stereocenters. The first-order valence-corrected chi connectivity index (χ1v) is 5.52. The van der Waals surface area contributed by atoms with E-state index in [2.05, 4.69) is 0 Å². The zero-order chi connectivity index (χ0) is 13.4. The van der Waals surface area contributed by atoms with E-state index in [-0.39, 0.29) is 12.8 Å². The van der Waals surface area contributed by atoms with Crippen LogP contribution < -0.4 is 0 Å². The van der Waals surface area contributed by atoms with Crippen LogP contribution in [0.25, 0.3) is 0 Å². The minimum Gasteiger partial charge on any atom is -0.481 e. The molecule has 0 aromatic heterocycles. The molecule has 0 aliphatic heterocycles. The zero-order valence-corrected chi connectivity index (χ0v) is 9.76. The van der Waals surface area contributed by atoms with Gasteiger partial charge in [0.15, 0.2) is 0 Å². The van der Waals surface area contributed by atoms with Gasteiger partial charge in [0.2, 0.25) is 0 Å². The van der Waals surface area contributed by atoms with Gasteiger partial charge in [-0.2, -0.15) is 0 Å². The SMILES string of the molecule is CC(CCCCC(CC(=O)O)C(=O)O)C(=O)O. The van der Waals surface area contributed by atoms with Crippen LogP contribution in [0, 0.1) is 11.8 Å². The molecule has 0 spiro atoms. The predicted molar refractivity (Wildman–Crippen MR) is 58.6 cm³/mol. The second-order valence-corrected chi connectivity index (χ2v) is 4.16. The largest absolute Gasteiger partial charge is 0.481 e. The monoisotopic (exact) mass is 246 g/mol. The van der Waals surface area contributed by atoms with Crippen molar-refractivity contribution in [2.45, 2.75) is 39.0 Å². The average molecular weight is 246 g/mol. The molecule has 0 aliphatic rings. The third-order valence-electron chi connectivity index (χ3n) is 2.63. The van der Waals surface area contributed by atoms with Crippen molar-refractivity contribution in [2.75, 3.05) is 0 Å². The van der Waals surface area contributed by atoms with E-state index < -0.39 is 29.7 Å². The van der Waals surface area contributed by atoms with Gasteiger partial charge in [0.25, 0.3) is 0 Å². The summed E-state index contributed by atoms with van der Waals surface area (Å²) >= 11 is 0. The molecule has 0 saturated carbocycles. The molecule has 3 N–H and O–H groups in total. The Bertz CT molecular complexity index is 286. The summed E-state index contributed by atoms with van der Waals surface area (Å²) in [5.41, 5.74) is 0. The van der Waals surface area contributed by atoms with Gasteiger partial charge in [0, 0.05) is 0 Å². The van der Waals surface area contributed by atoms with Gasteiger partial charge in [0.05, 0.1) is 18.3 Å². The summed E-state index contributed by atoms with van der Waals surface area (Å²) < 4.78 is 0. The minimum atomic E-state index is -1.13. The molecule has 2 unspecified atom stereocenters. The van der Waals surface area contributed by atoms with Crippen molar-refractivity contribution in [2.24, 2.45) is 11.8 Å². The van der Waals surface area contributed by atoms with Crippen molar-refractivity contribution >= 4 is 17.9 Å². The van der Waals surface area contributed by atoms with Gasteiger partial charge in [-0.25, -0.2) is 0 Å². The van der Waals surface area contributed by atoms with Gasteiger partial charge in [-0.3, -0.25) is 14.4 Å². The van der Waals surface area contributed by atoms with E-state index >= 15 is 0 Å². The van der Waals surface area contributed by atoms with Crippen LogP contribution in [-0.2, 0) is 14.4 Å². The highest BCUT2D eigenvalue weighted by Crippen LogP contribution is 2.16. The molecular weight excluding hydrogens is 228 g/mol. The van der Waals surface area contributed by atoms with Crippen LogP contribution >= 0.6 is 0 Å². The molecule has 6 heteroatoms. The lowest BCUT2D eigenvalue weighted by molar-refractivity contribution is -0.148. The number of aliphatic carboxylic acids is 3. The summed E-state index contributed by atoms with van der Waals surface area (Å²) in [6.07, 6.45) is 1.49. The van der Waals surface area contributed by atoms with Crippen LogP contribution in [0.4, 0.5) is 0 Å². The predicted octanol–water partition coefficient (Wildman–Crippen LogP) is 1.44. The van der Waals surface area contributed by atoms with Gasteiger partial charge < -0.3 is 15.3 Å². The summed E-state index contributed by atoms with van der Waals surface area (Å²) in [5, 5.41) is 25.9. The topological polar surface area (TPSA) is 112 Å². The highest BCUT2D eigenvalue weighted by atomic mass is 16.4. The molecule has 0 aromatic rings. The number of carbonyl (C=O) groups is 3. The second kappa shape index (κ2) is 7.65. The number of hydrogen-bond acceptors (Lipinski definition) is 3. The Kier molecular flexibility index (Phi) is 6.93. The van der Waals surface area contributed by atoms with E-state index in [0.29, 0.717) is 19.3 Å². The van der Waals surface area contributed by atoms with E-state index in [1.54, 1.807) is 6.92 Å². The molecular formula is C11H18O6. The van der Waals surface area contributed by atoms with Gasteiger partial charge in [-0.1, -0.05) is 19.8 Å². The van der Waals surface area contributed by atoms with Crippen molar-refractivity contribution < 1.29 is 29.7 Å². The third-order valence-corrected chi connectivity index (χ3v) is 2.63. The van der Waals surface area contributed by atoms with Gasteiger partial charge >= 0.3 is 17.9 Å². The molecule has 0 aromatic carbocycles. The third kappa shape index (κ3) is 7.32. The molecule has 17 heavy (non-hydrogen) atoms. The van der Waals surface area contributed by atoms with Crippen LogP contribution in [0.5, 0.6) is 0 Å². The van der Waals surface area contributed by atoms with E-state index in [1.807, 2.05) is 0 Å². The second-order valence-electron chi connectivity index (χ2n) is 4.16. The Hall–Kier alpha value is -1.59. The molecule has 0 fully saturated rings. The molecule has 0 saturated heterocycles.